The molecule has 0 saturated carbocycles. The van der Waals surface area contributed by atoms with E-state index in [1.165, 1.54) is 19.1 Å². The number of hydrogen-bond donors (Lipinski definition) is 3. The van der Waals surface area contributed by atoms with E-state index in [0.29, 0.717) is 0 Å². The molecule has 88 valence electrons. The van der Waals surface area contributed by atoms with Crippen molar-refractivity contribution in [2.24, 2.45) is 0 Å². The van der Waals surface area contributed by atoms with E-state index in [0.717, 1.165) is 0 Å². The maximum atomic E-state index is 11.5. The normalized spacial score (nSPS) is 12.6. The van der Waals surface area contributed by atoms with Crippen molar-refractivity contribution >= 4 is 5.97 Å². The number of benzene rings is 1. The van der Waals surface area contributed by atoms with E-state index >= 15 is 0 Å². The highest BCUT2D eigenvalue weighted by atomic mass is 16.5. The molecule has 16 heavy (non-hydrogen) atoms. The lowest BCUT2D eigenvalue weighted by molar-refractivity contribution is -0.0436. The molecular formula is C11H14O5. The molecule has 0 amide bonds. The zero-order valence-corrected chi connectivity index (χ0v) is 8.83. The van der Waals surface area contributed by atoms with Crippen molar-refractivity contribution in [2.45, 2.75) is 19.3 Å². The van der Waals surface area contributed by atoms with E-state index < -0.39 is 18.4 Å². The maximum absolute atomic E-state index is 11.5. The van der Waals surface area contributed by atoms with Crippen LogP contribution in [0.25, 0.3) is 0 Å². The van der Waals surface area contributed by atoms with Crippen molar-refractivity contribution in [3.05, 3.63) is 35.4 Å². The summed E-state index contributed by atoms with van der Waals surface area (Å²) >= 11 is 0. The van der Waals surface area contributed by atoms with Crippen molar-refractivity contribution in [1.29, 1.82) is 0 Å². The number of ether oxygens (including phenoxy) is 1. The van der Waals surface area contributed by atoms with Crippen LogP contribution in [0.15, 0.2) is 24.3 Å². The molecule has 0 bridgehead atoms. The van der Waals surface area contributed by atoms with Crippen molar-refractivity contribution in [1.82, 2.24) is 0 Å². The van der Waals surface area contributed by atoms with Gasteiger partial charge in [-0.05, 0) is 13.0 Å². The maximum Gasteiger partial charge on any atom is 0.338 e. The molecule has 0 saturated heterocycles. The Bertz CT molecular complexity index is 359. The first kappa shape index (κ1) is 12.6. The molecular weight excluding hydrogens is 212 g/mol. The summed E-state index contributed by atoms with van der Waals surface area (Å²) in [6.45, 7) is 1.36. The lowest BCUT2D eigenvalue weighted by atomic mass is 10.1. The second-order valence-corrected chi connectivity index (χ2v) is 3.41. The van der Waals surface area contributed by atoms with Crippen molar-refractivity contribution in [2.75, 3.05) is 6.61 Å². The SMILES string of the molecule is CC(O)COC(=O)c1ccccc1C(O)O. The Kier molecular flexibility index (Phi) is 4.42. The molecule has 1 rings (SSSR count). The van der Waals surface area contributed by atoms with Gasteiger partial charge < -0.3 is 20.1 Å². The van der Waals surface area contributed by atoms with E-state index in [2.05, 4.69) is 0 Å². The number of aliphatic hydroxyl groups is 3. The highest BCUT2D eigenvalue weighted by molar-refractivity contribution is 5.91. The van der Waals surface area contributed by atoms with Crippen LogP contribution in [-0.2, 0) is 4.74 Å². The molecule has 3 N–H and O–H groups in total. The predicted octanol–water partition coefficient (Wildman–Crippen LogP) is 0.207. The Balaban J connectivity index is 2.82. The lowest BCUT2D eigenvalue weighted by Crippen LogP contribution is -2.17. The van der Waals surface area contributed by atoms with Crippen LogP contribution in [0.2, 0.25) is 0 Å². The van der Waals surface area contributed by atoms with Gasteiger partial charge in [-0.3, -0.25) is 0 Å². The Labute approximate surface area is 92.9 Å². The third-order valence-corrected chi connectivity index (χ3v) is 1.91. The molecule has 0 fully saturated rings. The average Bonchev–Trinajstić information content (AvgIpc) is 2.25. The largest absolute Gasteiger partial charge is 0.459 e. The van der Waals surface area contributed by atoms with Gasteiger partial charge in [0.1, 0.15) is 6.61 Å². The van der Waals surface area contributed by atoms with E-state index in [1.54, 1.807) is 12.1 Å². The standard InChI is InChI=1S/C11H14O5/c1-7(12)6-16-11(15)9-5-3-2-4-8(9)10(13)14/h2-5,7,10,12-14H,6H2,1H3. The van der Waals surface area contributed by atoms with Gasteiger partial charge in [0.25, 0.3) is 0 Å². The highest BCUT2D eigenvalue weighted by Crippen LogP contribution is 2.16. The molecule has 5 heteroatoms. The van der Waals surface area contributed by atoms with Crippen LogP contribution in [0.3, 0.4) is 0 Å². The molecule has 0 spiro atoms. The first-order valence-electron chi connectivity index (χ1n) is 4.82. The quantitative estimate of drug-likeness (QED) is 0.504. The fraction of sp³-hybridized carbons (Fsp3) is 0.364. The van der Waals surface area contributed by atoms with Gasteiger partial charge in [0, 0.05) is 5.56 Å². The number of carbonyl (C=O) groups excluding carboxylic acids is 1. The summed E-state index contributed by atoms with van der Waals surface area (Å²) in [4.78, 5) is 11.5. The summed E-state index contributed by atoms with van der Waals surface area (Å²) < 4.78 is 4.77. The van der Waals surface area contributed by atoms with Gasteiger partial charge in [0.05, 0.1) is 11.7 Å². The van der Waals surface area contributed by atoms with Crippen LogP contribution < -0.4 is 0 Å². The van der Waals surface area contributed by atoms with Crippen molar-refractivity contribution in [3.8, 4) is 0 Å². The summed E-state index contributed by atoms with van der Waals surface area (Å²) in [5, 5.41) is 27.0. The molecule has 0 heterocycles. The molecule has 5 nitrogen and oxygen atoms in total. The van der Waals surface area contributed by atoms with Crippen molar-refractivity contribution in [3.63, 3.8) is 0 Å². The number of rotatable bonds is 4. The Morgan fingerprint density at radius 1 is 1.31 bits per heavy atom. The third kappa shape index (κ3) is 3.30. The van der Waals surface area contributed by atoms with Crippen LogP contribution >= 0.6 is 0 Å². The fourth-order valence-electron chi connectivity index (χ4n) is 1.18. The topological polar surface area (TPSA) is 87.0 Å². The van der Waals surface area contributed by atoms with Gasteiger partial charge in [-0.25, -0.2) is 4.79 Å². The first-order chi connectivity index (χ1) is 7.52. The predicted molar refractivity (Wildman–Crippen MR) is 55.6 cm³/mol. The molecule has 0 aliphatic carbocycles. The Morgan fingerprint density at radius 2 is 1.94 bits per heavy atom. The molecule has 0 radical (unpaired) electrons. The minimum Gasteiger partial charge on any atom is -0.459 e. The van der Waals surface area contributed by atoms with Gasteiger partial charge in [0.2, 0.25) is 0 Å². The molecule has 0 aliphatic rings. The van der Waals surface area contributed by atoms with Crippen LogP contribution in [0.4, 0.5) is 0 Å². The van der Waals surface area contributed by atoms with Gasteiger partial charge in [0.15, 0.2) is 6.29 Å². The third-order valence-electron chi connectivity index (χ3n) is 1.91. The smallest absolute Gasteiger partial charge is 0.338 e. The van der Waals surface area contributed by atoms with Crippen LogP contribution in [0.1, 0.15) is 29.1 Å². The monoisotopic (exact) mass is 226 g/mol. The van der Waals surface area contributed by atoms with Gasteiger partial charge in [-0.1, -0.05) is 18.2 Å². The summed E-state index contributed by atoms with van der Waals surface area (Å²) in [5.41, 5.74) is 0.163. The van der Waals surface area contributed by atoms with Gasteiger partial charge in [-0.2, -0.15) is 0 Å². The Morgan fingerprint density at radius 3 is 2.50 bits per heavy atom. The zero-order valence-electron chi connectivity index (χ0n) is 8.83. The van der Waals surface area contributed by atoms with E-state index in [-0.39, 0.29) is 17.7 Å². The Hall–Kier alpha value is -1.43. The summed E-state index contributed by atoms with van der Waals surface area (Å²) in [6, 6.07) is 6.02. The molecule has 1 aromatic rings. The van der Waals surface area contributed by atoms with E-state index in [4.69, 9.17) is 20.1 Å². The van der Waals surface area contributed by atoms with Gasteiger partial charge in [-0.15, -0.1) is 0 Å². The molecule has 0 aromatic heterocycles. The summed E-state index contributed by atoms with van der Waals surface area (Å²) in [7, 11) is 0. The second kappa shape index (κ2) is 5.60. The molecule has 1 atom stereocenters. The van der Waals surface area contributed by atoms with Crippen LogP contribution in [-0.4, -0.2) is 34.0 Å². The van der Waals surface area contributed by atoms with E-state index in [1.807, 2.05) is 0 Å². The van der Waals surface area contributed by atoms with Gasteiger partial charge >= 0.3 is 5.97 Å². The number of hydrogen-bond acceptors (Lipinski definition) is 5. The lowest BCUT2D eigenvalue weighted by Gasteiger charge is -2.11. The number of aliphatic hydroxyl groups excluding tert-OH is 2. The first-order valence-corrected chi connectivity index (χ1v) is 4.82. The van der Waals surface area contributed by atoms with Crippen LogP contribution in [0.5, 0.6) is 0 Å². The summed E-state index contributed by atoms with van der Waals surface area (Å²) in [5.74, 6) is -0.690. The highest BCUT2D eigenvalue weighted by Gasteiger charge is 2.16. The zero-order chi connectivity index (χ0) is 12.1. The van der Waals surface area contributed by atoms with Crippen LogP contribution in [0, 0.1) is 0 Å². The fourth-order valence-corrected chi connectivity index (χ4v) is 1.18. The number of carbonyl (C=O) groups is 1. The minimum absolute atomic E-state index is 0.0816. The second-order valence-electron chi connectivity index (χ2n) is 3.41. The van der Waals surface area contributed by atoms with Crippen molar-refractivity contribution < 1.29 is 24.9 Å². The number of esters is 1. The summed E-state index contributed by atoms with van der Waals surface area (Å²) in [6.07, 6.45) is -2.48. The molecule has 0 aliphatic heterocycles. The average molecular weight is 226 g/mol. The van der Waals surface area contributed by atoms with E-state index in [9.17, 15) is 4.79 Å². The minimum atomic E-state index is -1.73. The molecule has 1 aromatic carbocycles. The molecule has 1 unspecified atom stereocenters.